The quantitative estimate of drug-likeness (QED) is 0.300. The molecule has 0 saturated carbocycles. The molecular formula is C13H26O4. The second kappa shape index (κ2) is 6.97. The van der Waals surface area contributed by atoms with Crippen LogP contribution in [0.25, 0.3) is 0 Å². The van der Waals surface area contributed by atoms with Crippen molar-refractivity contribution in [2.45, 2.75) is 48.0 Å². The molecule has 4 heteroatoms. The SMILES string of the molecule is CCC(C)(C)C(=O)OCCOOCC(C)(C)C. The normalized spacial score (nSPS) is 12.6. The second-order valence-electron chi connectivity index (χ2n) is 6.02. The third-order valence-corrected chi connectivity index (χ3v) is 2.41. The summed E-state index contributed by atoms with van der Waals surface area (Å²) in [6.07, 6.45) is 0.757. The molecule has 0 aromatic carbocycles. The summed E-state index contributed by atoms with van der Waals surface area (Å²) in [4.78, 5) is 21.5. The van der Waals surface area contributed by atoms with Gasteiger partial charge in [-0.25, -0.2) is 9.78 Å². The highest BCUT2D eigenvalue weighted by Gasteiger charge is 2.26. The van der Waals surface area contributed by atoms with Crippen LogP contribution in [0.3, 0.4) is 0 Å². The number of carbonyl (C=O) groups excluding carboxylic acids is 1. The van der Waals surface area contributed by atoms with Gasteiger partial charge >= 0.3 is 5.97 Å². The van der Waals surface area contributed by atoms with Crippen molar-refractivity contribution in [2.75, 3.05) is 19.8 Å². The molecule has 0 aromatic heterocycles. The van der Waals surface area contributed by atoms with Crippen LogP contribution < -0.4 is 0 Å². The maximum absolute atomic E-state index is 11.6. The molecule has 0 aliphatic rings. The lowest BCUT2D eigenvalue weighted by Gasteiger charge is -2.20. The lowest BCUT2D eigenvalue weighted by atomic mass is 9.91. The largest absolute Gasteiger partial charge is 0.463 e. The number of carbonyl (C=O) groups is 1. The molecule has 0 aromatic rings. The van der Waals surface area contributed by atoms with Crippen molar-refractivity contribution in [3.8, 4) is 0 Å². The van der Waals surface area contributed by atoms with Crippen LogP contribution in [-0.4, -0.2) is 25.8 Å². The van der Waals surface area contributed by atoms with E-state index in [9.17, 15) is 4.79 Å². The molecule has 0 aliphatic heterocycles. The van der Waals surface area contributed by atoms with Gasteiger partial charge in [0.05, 0.1) is 12.0 Å². The number of hydrogen-bond acceptors (Lipinski definition) is 4. The van der Waals surface area contributed by atoms with Crippen LogP contribution in [0.5, 0.6) is 0 Å². The van der Waals surface area contributed by atoms with Gasteiger partial charge in [0, 0.05) is 0 Å². The number of ether oxygens (including phenoxy) is 1. The van der Waals surface area contributed by atoms with Crippen LogP contribution in [0.2, 0.25) is 0 Å². The first-order chi connectivity index (χ1) is 7.69. The van der Waals surface area contributed by atoms with Crippen LogP contribution in [-0.2, 0) is 19.3 Å². The molecule has 0 heterocycles. The van der Waals surface area contributed by atoms with Gasteiger partial charge in [-0.1, -0.05) is 27.7 Å². The minimum absolute atomic E-state index is 0.0703. The van der Waals surface area contributed by atoms with E-state index in [1.165, 1.54) is 0 Å². The van der Waals surface area contributed by atoms with Crippen LogP contribution in [0, 0.1) is 10.8 Å². The van der Waals surface area contributed by atoms with Gasteiger partial charge in [0.1, 0.15) is 13.2 Å². The van der Waals surface area contributed by atoms with Gasteiger partial charge < -0.3 is 4.74 Å². The van der Waals surface area contributed by atoms with Crippen molar-refractivity contribution in [2.24, 2.45) is 10.8 Å². The Morgan fingerprint density at radius 1 is 1.00 bits per heavy atom. The Hall–Kier alpha value is -0.610. The Morgan fingerprint density at radius 3 is 2.06 bits per heavy atom. The molecule has 17 heavy (non-hydrogen) atoms. The van der Waals surface area contributed by atoms with Crippen LogP contribution in [0.15, 0.2) is 0 Å². The summed E-state index contributed by atoms with van der Waals surface area (Å²) in [6, 6.07) is 0. The van der Waals surface area contributed by atoms with E-state index in [2.05, 4.69) is 20.8 Å². The zero-order valence-electron chi connectivity index (χ0n) is 12.0. The molecule has 0 aliphatic carbocycles. The molecule has 0 atom stereocenters. The van der Waals surface area contributed by atoms with Crippen molar-refractivity contribution >= 4 is 5.97 Å². The Bertz CT molecular complexity index is 228. The van der Waals surface area contributed by atoms with E-state index in [0.717, 1.165) is 6.42 Å². The molecule has 0 N–H and O–H groups in total. The molecule has 0 fully saturated rings. The molecule has 0 spiro atoms. The fourth-order valence-electron chi connectivity index (χ4n) is 0.785. The van der Waals surface area contributed by atoms with E-state index in [0.29, 0.717) is 6.61 Å². The van der Waals surface area contributed by atoms with Crippen molar-refractivity contribution in [3.05, 3.63) is 0 Å². The lowest BCUT2D eigenvalue weighted by Crippen LogP contribution is -2.27. The highest BCUT2D eigenvalue weighted by atomic mass is 17.2. The first-order valence-corrected chi connectivity index (χ1v) is 6.11. The zero-order chi connectivity index (χ0) is 13.5. The predicted molar refractivity (Wildman–Crippen MR) is 66.4 cm³/mol. The molecule has 0 saturated heterocycles. The van der Waals surface area contributed by atoms with E-state index < -0.39 is 5.41 Å². The first kappa shape index (κ1) is 16.4. The Morgan fingerprint density at radius 2 is 1.59 bits per heavy atom. The van der Waals surface area contributed by atoms with Crippen molar-refractivity contribution in [3.63, 3.8) is 0 Å². The fraction of sp³-hybridized carbons (Fsp3) is 0.923. The van der Waals surface area contributed by atoms with Crippen molar-refractivity contribution in [1.29, 1.82) is 0 Å². The Balaban J connectivity index is 3.56. The van der Waals surface area contributed by atoms with E-state index in [1.54, 1.807) is 0 Å². The summed E-state index contributed by atoms with van der Waals surface area (Å²) in [5.41, 5.74) is -0.354. The van der Waals surface area contributed by atoms with Gasteiger partial charge in [0.2, 0.25) is 0 Å². The second-order valence-corrected chi connectivity index (χ2v) is 6.02. The first-order valence-electron chi connectivity index (χ1n) is 6.11. The maximum Gasteiger partial charge on any atom is 0.311 e. The van der Waals surface area contributed by atoms with Gasteiger partial charge in [-0.3, -0.25) is 4.79 Å². The summed E-state index contributed by atoms with van der Waals surface area (Å²) >= 11 is 0. The average molecular weight is 246 g/mol. The monoisotopic (exact) mass is 246 g/mol. The van der Waals surface area contributed by atoms with Gasteiger partial charge in [-0.2, -0.15) is 0 Å². The topological polar surface area (TPSA) is 44.8 Å². The highest BCUT2D eigenvalue weighted by Crippen LogP contribution is 2.21. The maximum atomic E-state index is 11.6. The summed E-state index contributed by atoms with van der Waals surface area (Å²) in [7, 11) is 0. The average Bonchev–Trinajstić information content (AvgIpc) is 2.21. The molecule has 0 amide bonds. The molecule has 102 valence electrons. The third kappa shape index (κ3) is 8.16. The number of hydrogen-bond donors (Lipinski definition) is 0. The fourth-order valence-corrected chi connectivity index (χ4v) is 0.785. The van der Waals surface area contributed by atoms with Gasteiger partial charge in [-0.15, -0.1) is 0 Å². The summed E-state index contributed by atoms with van der Waals surface area (Å²) < 4.78 is 5.09. The minimum atomic E-state index is -0.424. The van der Waals surface area contributed by atoms with Crippen LogP contribution >= 0.6 is 0 Å². The predicted octanol–water partition coefficient (Wildman–Crippen LogP) is 2.96. The van der Waals surface area contributed by atoms with Gasteiger partial charge in [0.25, 0.3) is 0 Å². The zero-order valence-corrected chi connectivity index (χ0v) is 12.0. The summed E-state index contributed by atoms with van der Waals surface area (Å²) in [6.45, 7) is 12.9. The van der Waals surface area contributed by atoms with Crippen molar-refractivity contribution < 1.29 is 19.3 Å². The standard InChI is InChI=1S/C13H26O4/c1-7-13(5,6)11(14)15-8-9-16-17-10-12(2,3)4/h7-10H2,1-6H3. The summed E-state index contributed by atoms with van der Waals surface area (Å²) in [5.74, 6) is -0.195. The van der Waals surface area contributed by atoms with Crippen LogP contribution in [0.4, 0.5) is 0 Å². The summed E-state index contributed by atoms with van der Waals surface area (Å²) in [5, 5.41) is 0. The Kier molecular flexibility index (Phi) is 6.72. The molecule has 0 unspecified atom stereocenters. The Labute approximate surface area is 105 Å². The van der Waals surface area contributed by atoms with Crippen LogP contribution in [0.1, 0.15) is 48.0 Å². The lowest BCUT2D eigenvalue weighted by molar-refractivity contribution is -0.310. The molecular weight excluding hydrogens is 220 g/mol. The smallest absolute Gasteiger partial charge is 0.311 e. The van der Waals surface area contributed by atoms with E-state index >= 15 is 0 Å². The molecule has 0 rings (SSSR count). The van der Waals surface area contributed by atoms with E-state index in [4.69, 9.17) is 14.5 Å². The molecule has 0 bridgehead atoms. The molecule has 0 radical (unpaired) electrons. The van der Waals surface area contributed by atoms with Crippen molar-refractivity contribution in [1.82, 2.24) is 0 Å². The number of rotatable bonds is 7. The highest BCUT2D eigenvalue weighted by molar-refractivity contribution is 5.75. The minimum Gasteiger partial charge on any atom is -0.463 e. The van der Waals surface area contributed by atoms with Gasteiger partial charge in [-0.05, 0) is 25.7 Å². The molecule has 4 nitrogen and oxygen atoms in total. The number of esters is 1. The third-order valence-electron chi connectivity index (χ3n) is 2.41. The van der Waals surface area contributed by atoms with E-state index in [1.807, 2.05) is 20.8 Å². The van der Waals surface area contributed by atoms with Gasteiger partial charge in [0.15, 0.2) is 0 Å². The van der Waals surface area contributed by atoms with E-state index in [-0.39, 0.29) is 24.6 Å².